The number of halogens is 1. The monoisotopic (exact) mass is 374 g/mol. The van der Waals surface area contributed by atoms with Crippen molar-refractivity contribution in [2.24, 2.45) is 0 Å². The highest BCUT2D eigenvalue weighted by molar-refractivity contribution is 6.30. The van der Waals surface area contributed by atoms with Crippen molar-refractivity contribution in [3.63, 3.8) is 0 Å². The number of ether oxygens (including phenoxy) is 1. The van der Waals surface area contributed by atoms with Gasteiger partial charge in [0.2, 0.25) is 0 Å². The molecule has 0 radical (unpaired) electrons. The van der Waals surface area contributed by atoms with Gasteiger partial charge in [0.15, 0.2) is 5.60 Å². The number of hydrogen-bond donors (Lipinski definition) is 1. The second kappa shape index (κ2) is 6.42. The Kier molecular flexibility index (Phi) is 4.41. The summed E-state index contributed by atoms with van der Waals surface area (Å²) in [4.78, 5) is 35.3. The number of hydrogen-bond acceptors (Lipinski definition) is 5. The molecule has 8 heteroatoms. The van der Waals surface area contributed by atoms with Crippen molar-refractivity contribution in [3.05, 3.63) is 68.2 Å². The zero-order chi connectivity index (χ0) is 19.1. The van der Waals surface area contributed by atoms with Gasteiger partial charge in [-0.1, -0.05) is 11.6 Å². The van der Waals surface area contributed by atoms with Crippen LogP contribution in [0.15, 0.2) is 36.4 Å². The molecule has 0 saturated heterocycles. The lowest BCUT2D eigenvalue weighted by Gasteiger charge is -2.33. The number of non-ortho nitro benzene ring substituents is 1. The standard InChI is InChI=1S/C18H15ClN2O5/c1-10-7-13(21(24)25)4-6-15(10)20-17(23)18(2)9-11-8-12(19)3-5-14(11)16(22)26-18/h3-8H,9H2,1-2H3,(H,20,23). The molecule has 1 heterocycles. The van der Waals surface area contributed by atoms with Gasteiger partial charge in [-0.3, -0.25) is 14.9 Å². The van der Waals surface area contributed by atoms with Crippen molar-refractivity contribution in [3.8, 4) is 0 Å². The molecular weight excluding hydrogens is 360 g/mol. The first kappa shape index (κ1) is 17.9. The van der Waals surface area contributed by atoms with Crippen LogP contribution in [0, 0.1) is 17.0 Å². The number of nitrogens with zero attached hydrogens (tertiary/aromatic N) is 1. The molecule has 2 aromatic rings. The zero-order valence-electron chi connectivity index (χ0n) is 14.0. The highest BCUT2D eigenvalue weighted by atomic mass is 35.5. The average molecular weight is 375 g/mol. The Bertz CT molecular complexity index is 943. The molecule has 3 rings (SSSR count). The van der Waals surface area contributed by atoms with Gasteiger partial charge in [0.25, 0.3) is 11.6 Å². The SMILES string of the molecule is Cc1cc([N+](=O)[O-])ccc1NC(=O)C1(C)Cc2cc(Cl)ccc2C(=O)O1. The van der Waals surface area contributed by atoms with Crippen LogP contribution in [0.5, 0.6) is 0 Å². The maximum absolute atomic E-state index is 12.7. The van der Waals surface area contributed by atoms with Crippen molar-refractivity contribution in [1.82, 2.24) is 0 Å². The zero-order valence-corrected chi connectivity index (χ0v) is 14.8. The van der Waals surface area contributed by atoms with Gasteiger partial charge in [0.1, 0.15) is 0 Å². The molecular formula is C18H15ClN2O5. The Hall–Kier alpha value is -2.93. The van der Waals surface area contributed by atoms with E-state index in [1.165, 1.54) is 25.1 Å². The molecule has 1 aliphatic rings. The van der Waals surface area contributed by atoms with Crippen LogP contribution in [0.4, 0.5) is 11.4 Å². The summed E-state index contributed by atoms with van der Waals surface area (Å²) in [6.07, 6.45) is 0.173. The maximum atomic E-state index is 12.7. The van der Waals surface area contributed by atoms with Crippen molar-refractivity contribution in [1.29, 1.82) is 0 Å². The lowest BCUT2D eigenvalue weighted by atomic mass is 9.89. The Balaban J connectivity index is 1.86. The molecule has 26 heavy (non-hydrogen) atoms. The minimum absolute atomic E-state index is 0.0700. The molecule has 2 aromatic carbocycles. The number of cyclic esters (lactones) is 1. The van der Waals surface area contributed by atoms with Gasteiger partial charge in [-0.15, -0.1) is 0 Å². The fourth-order valence-corrected chi connectivity index (χ4v) is 3.04. The van der Waals surface area contributed by atoms with Gasteiger partial charge in [0, 0.05) is 29.3 Å². The second-order valence-electron chi connectivity index (χ2n) is 6.31. The van der Waals surface area contributed by atoms with Crippen LogP contribution in [-0.2, 0) is 16.0 Å². The Morgan fingerprint density at radius 1 is 1.31 bits per heavy atom. The lowest BCUT2D eigenvalue weighted by molar-refractivity contribution is -0.384. The molecule has 0 fully saturated rings. The lowest BCUT2D eigenvalue weighted by Crippen LogP contribution is -2.49. The number of esters is 1. The molecule has 1 N–H and O–H groups in total. The predicted molar refractivity (Wildman–Crippen MR) is 95.4 cm³/mol. The molecule has 1 amide bonds. The first-order valence-electron chi connectivity index (χ1n) is 7.78. The molecule has 0 saturated carbocycles. The van der Waals surface area contributed by atoms with E-state index in [9.17, 15) is 19.7 Å². The third kappa shape index (κ3) is 3.25. The number of nitrogens with one attached hydrogen (secondary N) is 1. The predicted octanol–water partition coefficient (Wildman–Crippen LogP) is 3.67. The van der Waals surface area contributed by atoms with Crippen LogP contribution >= 0.6 is 11.6 Å². The normalized spacial score (nSPS) is 18.7. The van der Waals surface area contributed by atoms with Crippen LogP contribution in [0.25, 0.3) is 0 Å². The number of benzene rings is 2. The molecule has 7 nitrogen and oxygen atoms in total. The quantitative estimate of drug-likeness (QED) is 0.502. The number of rotatable bonds is 3. The van der Waals surface area contributed by atoms with E-state index < -0.39 is 22.4 Å². The molecule has 0 aromatic heterocycles. The Labute approximate surface area is 154 Å². The van der Waals surface area contributed by atoms with Crippen LogP contribution in [0.1, 0.15) is 28.4 Å². The summed E-state index contributed by atoms with van der Waals surface area (Å²) in [5.41, 5.74) is 0.470. The van der Waals surface area contributed by atoms with Crippen LogP contribution in [-0.4, -0.2) is 22.4 Å². The Morgan fingerprint density at radius 3 is 2.69 bits per heavy atom. The third-order valence-electron chi connectivity index (χ3n) is 4.28. The topological polar surface area (TPSA) is 98.5 Å². The summed E-state index contributed by atoms with van der Waals surface area (Å²) in [6.45, 7) is 3.16. The molecule has 1 aliphatic heterocycles. The number of carbonyl (C=O) groups excluding carboxylic acids is 2. The van der Waals surface area contributed by atoms with Crippen molar-refractivity contribution in [2.45, 2.75) is 25.9 Å². The van der Waals surface area contributed by atoms with E-state index in [0.717, 1.165) is 0 Å². The molecule has 0 aliphatic carbocycles. The van der Waals surface area contributed by atoms with E-state index in [4.69, 9.17) is 16.3 Å². The first-order chi connectivity index (χ1) is 12.2. The summed E-state index contributed by atoms with van der Waals surface area (Å²) >= 11 is 5.98. The van der Waals surface area contributed by atoms with E-state index in [2.05, 4.69) is 5.32 Å². The Morgan fingerprint density at radius 2 is 2.04 bits per heavy atom. The average Bonchev–Trinajstić information content (AvgIpc) is 2.55. The number of nitro benzene ring substituents is 1. The molecule has 0 bridgehead atoms. The smallest absolute Gasteiger partial charge is 0.339 e. The van der Waals surface area contributed by atoms with E-state index in [1.807, 2.05) is 0 Å². The van der Waals surface area contributed by atoms with Crippen LogP contribution in [0.3, 0.4) is 0 Å². The number of anilines is 1. The number of nitro groups is 1. The number of carbonyl (C=O) groups is 2. The van der Waals surface area contributed by atoms with Crippen molar-refractivity contribution < 1.29 is 19.2 Å². The summed E-state index contributed by atoms with van der Waals surface area (Å²) in [5.74, 6) is -1.12. The fraction of sp³-hybridized carbons (Fsp3) is 0.222. The van der Waals surface area contributed by atoms with Crippen LogP contribution < -0.4 is 5.32 Å². The molecule has 1 unspecified atom stereocenters. The van der Waals surface area contributed by atoms with Gasteiger partial charge in [-0.2, -0.15) is 0 Å². The largest absolute Gasteiger partial charge is 0.445 e. The minimum Gasteiger partial charge on any atom is -0.445 e. The number of amides is 1. The summed E-state index contributed by atoms with van der Waals surface area (Å²) in [7, 11) is 0. The number of aryl methyl sites for hydroxylation is 1. The number of fused-ring (bicyclic) bond motifs is 1. The minimum atomic E-state index is -1.41. The maximum Gasteiger partial charge on any atom is 0.339 e. The molecule has 1 atom stereocenters. The van der Waals surface area contributed by atoms with E-state index >= 15 is 0 Å². The molecule has 134 valence electrons. The summed E-state index contributed by atoms with van der Waals surface area (Å²) in [6, 6.07) is 8.90. The van der Waals surface area contributed by atoms with Crippen molar-refractivity contribution >= 4 is 34.9 Å². The third-order valence-corrected chi connectivity index (χ3v) is 4.52. The summed E-state index contributed by atoms with van der Waals surface area (Å²) < 4.78 is 5.37. The van der Waals surface area contributed by atoms with Gasteiger partial charge < -0.3 is 10.1 Å². The second-order valence-corrected chi connectivity index (χ2v) is 6.75. The van der Waals surface area contributed by atoms with E-state index in [-0.39, 0.29) is 12.1 Å². The highest BCUT2D eigenvalue weighted by Gasteiger charge is 2.43. The fourth-order valence-electron chi connectivity index (χ4n) is 2.85. The van der Waals surface area contributed by atoms with Crippen molar-refractivity contribution in [2.75, 3.05) is 5.32 Å². The van der Waals surface area contributed by atoms with E-state index in [1.54, 1.807) is 25.1 Å². The van der Waals surface area contributed by atoms with Gasteiger partial charge in [0.05, 0.1) is 10.5 Å². The van der Waals surface area contributed by atoms with Gasteiger partial charge in [-0.05, 0) is 49.2 Å². The van der Waals surface area contributed by atoms with E-state index in [0.29, 0.717) is 27.4 Å². The first-order valence-corrected chi connectivity index (χ1v) is 8.16. The summed E-state index contributed by atoms with van der Waals surface area (Å²) in [5, 5.41) is 14.0. The molecule has 0 spiro atoms. The van der Waals surface area contributed by atoms with Gasteiger partial charge >= 0.3 is 5.97 Å². The van der Waals surface area contributed by atoms with Crippen LogP contribution in [0.2, 0.25) is 5.02 Å². The van der Waals surface area contributed by atoms with Gasteiger partial charge in [-0.25, -0.2) is 4.79 Å². The highest BCUT2D eigenvalue weighted by Crippen LogP contribution is 2.31.